The van der Waals surface area contributed by atoms with Gasteiger partial charge in [-0.1, -0.05) is 0 Å². The van der Waals surface area contributed by atoms with Gasteiger partial charge in [-0.3, -0.25) is 0 Å². The standard InChI is InChI=1S/C7H10O2S/c1-2-8-6-9-7-4-3-5-10-7/h3-5H,2,6H2,1H3. The van der Waals surface area contributed by atoms with Crippen molar-refractivity contribution in [1.82, 2.24) is 0 Å². The zero-order valence-electron chi connectivity index (χ0n) is 5.87. The van der Waals surface area contributed by atoms with Crippen LogP contribution >= 0.6 is 11.3 Å². The Bertz CT molecular complexity index is 160. The van der Waals surface area contributed by atoms with E-state index in [1.807, 2.05) is 24.4 Å². The summed E-state index contributed by atoms with van der Waals surface area (Å²) < 4.78 is 10.2. The second kappa shape index (κ2) is 4.30. The normalized spacial score (nSPS) is 9.70. The molecule has 0 aliphatic carbocycles. The highest BCUT2D eigenvalue weighted by atomic mass is 32.1. The van der Waals surface area contributed by atoms with E-state index in [1.165, 1.54) is 0 Å². The van der Waals surface area contributed by atoms with Crippen LogP contribution < -0.4 is 4.74 Å². The molecule has 1 heterocycles. The maximum atomic E-state index is 5.18. The molecule has 0 aromatic carbocycles. The lowest BCUT2D eigenvalue weighted by Crippen LogP contribution is -2.00. The van der Waals surface area contributed by atoms with Crippen LogP contribution in [0, 0.1) is 0 Å². The van der Waals surface area contributed by atoms with Crippen molar-refractivity contribution in [1.29, 1.82) is 0 Å². The molecular weight excluding hydrogens is 148 g/mol. The second-order valence-electron chi connectivity index (χ2n) is 1.69. The van der Waals surface area contributed by atoms with Crippen molar-refractivity contribution < 1.29 is 9.47 Å². The molecule has 0 saturated carbocycles. The minimum Gasteiger partial charge on any atom is -0.458 e. The highest BCUT2D eigenvalue weighted by Crippen LogP contribution is 2.17. The van der Waals surface area contributed by atoms with Crippen molar-refractivity contribution in [2.75, 3.05) is 13.4 Å². The molecule has 56 valence electrons. The summed E-state index contributed by atoms with van der Waals surface area (Å²) in [6.45, 7) is 3.00. The summed E-state index contributed by atoms with van der Waals surface area (Å²) in [7, 11) is 0. The van der Waals surface area contributed by atoms with Crippen LogP contribution in [-0.2, 0) is 4.74 Å². The Balaban J connectivity index is 2.15. The fourth-order valence-electron chi connectivity index (χ4n) is 0.529. The topological polar surface area (TPSA) is 18.5 Å². The van der Waals surface area contributed by atoms with Crippen molar-refractivity contribution in [3.63, 3.8) is 0 Å². The molecule has 0 fully saturated rings. The molecule has 0 amide bonds. The maximum absolute atomic E-state index is 5.18. The van der Waals surface area contributed by atoms with Crippen molar-refractivity contribution in [2.24, 2.45) is 0 Å². The van der Waals surface area contributed by atoms with Crippen molar-refractivity contribution in [3.05, 3.63) is 17.5 Å². The van der Waals surface area contributed by atoms with E-state index in [4.69, 9.17) is 9.47 Å². The molecule has 3 heteroatoms. The largest absolute Gasteiger partial charge is 0.458 e. The Hall–Kier alpha value is -0.540. The molecule has 0 radical (unpaired) electrons. The fourth-order valence-corrected chi connectivity index (χ4v) is 1.09. The quantitative estimate of drug-likeness (QED) is 0.493. The summed E-state index contributed by atoms with van der Waals surface area (Å²) in [6.07, 6.45) is 0. The average Bonchev–Trinajstić information content (AvgIpc) is 2.41. The first-order chi connectivity index (χ1) is 4.93. The van der Waals surface area contributed by atoms with E-state index in [2.05, 4.69) is 0 Å². The lowest BCUT2D eigenvalue weighted by atomic mass is 10.7. The molecule has 0 unspecified atom stereocenters. The second-order valence-corrected chi connectivity index (χ2v) is 2.60. The Morgan fingerprint density at radius 2 is 2.50 bits per heavy atom. The SMILES string of the molecule is CCOCOc1cccs1. The first-order valence-electron chi connectivity index (χ1n) is 3.17. The van der Waals surface area contributed by atoms with E-state index in [9.17, 15) is 0 Å². The van der Waals surface area contributed by atoms with E-state index in [0.29, 0.717) is 13.4 Å². The first-order valence-corrected chi connectivity index (χ1v) is 4.05. The Morgan fingerprint density at radius 1 is 1.60 bits per heavy atom. The maximum Gasteiger partial charge on any atom is 0.190 e. The summed E-state index contributed by atoms with van der Waals surface area (Å²) in [5, 5.41) is 2.88. The molecule has 1 rings (SSSR count). The van der Waals surface area contributed by atoms with Crippen LogP contribution in [0.3, 0.4) is 0 Å². The van der Waals surface area contributed by atoms with Crippen molar-refractivity contribution in [3.8, 4) is 5.06 Å². The zero-order chi connectivity index (χ0) is 7.23. The summed E-state index contributed by atoms with van der Waals surface area (Å²) in [5.74, 6) is 0. The summed E-state index contributed by atoms with van der Waals surface area (Å²) >= 11 is 1.57. The third kappa shape index (κ3) is 2.37. The Morgan fingerprint density at radius 3 is 3.10 bits per heavy atom. The third-order valence-electron chi connectivity index (χ3n) is 0.984. The van der Waals surface area contributed by atoms with Crippen LogP contribution in [0.1, 0.15) is 6.92 Å². The van der Waals surface area contributed by atoms with Crippen molar-refractivity contribution in [2.45, 2.75) is 6.92 Å². The summed E-state index contributed by atoms with van der Waals surface area (Å²) in [6, 6.07) is 3.87. The van der Waals surface area contributed by atoms with Gasteiger partial charge in [-0.25, -0.2) is 0 Å². The van der Waals surface area contributed by atoms with Gasteiger partial charge in [0.2, 0.25) is 0 Å². The Kier molecular flexibility index (Phi) is 3.26. The van der Waals surface area contributed by atoms with E-state index >= 15 is 0 Å². The third-order valence-corrected chi connectivity index (χ3v) is 1.76. The molecule has 0 atom stereocenters. The molecule has 1 aromatic heterocycles. The van der Waals surface area contributed by atoms with E-state index in [0.717, 1.165) is 5.06 Å². The zero-order valence-corrected chi connectivity index (χ0v) is 6.69. The predicted molar refractivity (Wildman–Crippen MR) is 41.4 cm³/mol. The predicted octanol–water partition coefficient (Wildman–Crippen LogP) is 2.12. The fraction of sp³-hybridized carbons (Fsp3) is 0.429. The minimum atomic E-state index is 0.358. The molecule has 1 aromatic rings. The van der Waals surface area contributed by atoms with Crippen LogP contribution in [0.15, 0.2) is 17.5 Å². The van der Waals surface area contributed by atoms with Crippen LogP contribution in [0.5, 0.6) is 5.06 Å². The van der Waals surface area contributed by atoms with Gasteiger partial charge in [0.15, 0.2) is 11.9 Å². The number of ether oxygens (including phenoxy) is 2. The number of hydrogen-bond acceptors (Lipinski definition) is 3. The molecule has 0 spiro atoms. The van der Waals surface area contributed by atoms with Gasteiger partial charge < -0.3 is 9.47 Å². The van der Waals surface area contributed by atoms with E-state index < -0.39 is 0 Å². The van der Waals surface area contributed by atoms with Gasteiger partial charge in [-0.15, -0.1) is 11.3 Å². The molecule has 0 aliphatic heterocycles. The van der Waals surface area contributed by atoms with Crippen molar-refractivity contribution >= 4 is 11.3 Å². The average molecular weight is 158 g/mol. The monoisotopic (exact) mass is 158 g/mol. The van der Waals surface area contributed by atoms with E-state index in [-0.39, 0.29) is 0 Å². The van der Waals surface area contributed by atoms with Gasteiger partial charge in [-0.05, 0) is 24.4 Å². The molecular formula is C7H10O2S. The lowest BCUT2D eigenvalue weighted by Gasteiger charge is -2.00. The van der Waals surface area contributed by atoms with Gasteiger partial charge in [-0.2, -0.15) is 0 Å². The van der Waals surface area contributed by atoms with Gasteiger partial charge in [0, 0.05) is 6.61 Å². The molecule has 2 nitrogen and oxygen atoms in total. The smallest absolute Gasteiger partial charge is 0.190 e. The van der Waals surface area contributed by atoms with Gasteiger partial charge in [0.05, 0.1) is 0 Å². The highest BCUT2D eigenvalue weighted by molar-refractivity contribution is 7.11. The van der Waals surface area contributed by atoms with Gasteiger partial charge >= 0.3 is 0 Å². The molecule has 0 saturated heterocycles. The van der Waals surface area contributed by atoms with Gasteiger partial charge in [0.1, 0.15) is 0 Å². The van der Waals surface area contributed by atoms with Crippen LogP contribution in [0.25, 0.3) is 0 Å². The Labute approximate surface area is 64.4 Å². The van der Waals surface area contributed by atoms with E-state index in [1.54, 1.807) is 11.3 Å². The number of thiophene rings is 1. The number of rotatable bonds is 4. The summed E-state index contributed by atoms with van der Waals surface area (Å²) in [4.78, 5) is 0. The molecule has 0 N–H and O–H groups in total. The molecule has 10 heavy (non-hydrogen) atoms. The van der Waals surface area contributed by atoms with Gasteiger partial charge in [0.25, 0.3) is 0 Å². The van der Waals surface area contributed by atoms with Crippen LogP contribution in [0.2, 0.25) is 0 Å². The first kappa shape index (κ1) is 7.57. The van der Waals surface area contributed by atoms with Crippen LogP contribution in [0.4, 0.5) is 0 Å². The van der Waals surface area contributed by atoms with Crippen LogP contribution in [-0.4, -0.2) is 13.4 Å². The summed E-state index contributed by atoms with van der Waals surface area (Å²) in [5.41, 5.74) is 0. The molecule has 0 aliphatic rings. The number of hydrogen-bond donors (Lipinski definition) is 0. The minimum absolute atomic E-state index is 0.358. The highest BCUT2D eigenvalue weighted by Gasteiger charge is 1.90. The molecule has 0 bridgehead atoms. The lowest BCUT2D eigenvalue weighted by molar-refractivity contribution is 0.0247.